The molecule has 0 amide bonds. The van der Waals surface area contributed by atoms with Crippen molar-refractivity contribution in [1.29, 1.82) is 5.41 Å². The lowest BCUT2D eigenvalue weighted by molar-refractivity contribution is 0.188. The Labute approximate surface area is 189 Å². The summed E-state index contributed by atoms with van der Waals surface area (Å²) in [6.45, 7) is 2.87. The number of nitrogens with one attached hydrogen (secondary N) is 2. The topological polar surface area (TPSA) is 101 Å². The van der Waals surface area contributed by atoms with Crippen molar-refractivity contribution in [2.45, 2.75) is 44.2 Å². The van der Waals surface area contributed by atoms with Crippen molar-refractivity contribution in [3.63, 3.8) is 0 Å². The summed E-state index contributed by atoms with van der Waals surface area (Å²) in [6.07, 6.45) is -0.219. The van der Waals surface area contributed by atoms with Crippen LogP contribution in [0, 0.1) is 17.0 Å². The van der Waals surface area contributed by atoms with E-state index in [0.29, 0.717) is 37.0 Å². The number of benzene rings is 1. The minimum absolute atomic E-state index is 0.00710. The van der Waals surface area contributed by atoms with Crippen LogP contribution in [0.3, 0.4) is 0 Å². The molecule has 0 spiro atoms. The average molecular weight is 461 g/mol. The maximum atomic E-state index is 14.3. The number of likely N-dealkylation sites (tertiary alicyclic amines) is 1. The molecule has 8 nitrogen and oxygen atoms in total. The molecule has 0 saturated carbocycles. The molecule has 2 aliphatic heterocycles. The molecule has 2 aromatic rings. The lowest BCUT2D eigenvalue weighted by Gasteiger charge is -2.25. The number of halogens is 3. The smallest absolute Gasteiger partial charge is 0.152 e. The largest absolute Gasteiger partial charge is 0.391 e. The van der Waals surface area contributed by atoms with Gasteiger partial charge in [-0.2, -0.15) is 0 Å². The van der Waals surface area contributed by atoms with Crippen LogP contribution < -0.4 is 10.2 Å². The minimum atomic E-state index is -1.20. The van der Waals surface area contributed by atoms with Crippen molar-refractivity contribution >= 4 is 23.7 Å². The lowest BCUT2D eigenvalue weighted by Crippen LogP contribution is -2.32. The number of β-amino-alcohol motifs (C(OH)–C–C–N with tert-alkyl or cyclic N) is 1. The van der Waals surface area contributed by atoms with Crippen molar-refractivity contribution in [3.05, 3.63) is 47.5 Å². The Morgan fingerprint density at radius 3 is 2.76 bits per heavy atom. The van der Waals surface area contributed by atoms with Gasteiger partial charge in [0.15, 0.2) is 5.82 Å². The molecular weight excluding hydrogens is 435 g/mol. The number of amidine groups is 1. The van der Waals surface area contributed by atoms with Gasteiger partial charge in [-0.05, 0) is 43.7 Å². The fraction of sp³-hybridized carbons (Fsp3) is 0.455. The SMILES string of the molecule is CC(N=C(C=N)N1CC[C@H](O)C1)Nc1ccc(N2C[C@@H](F)C[C@@H]2c2cc(F)ccc2F)nn1. The van der Waals surface area contributed by atoms with Gasteiger partial charge in [-0.25, -0.2) is 18.2 Å². The van der Waals surface area contributed by atoms with E-state index in [9.17, 15) is 18.3 Å². The number of aliphatic imine (C=N–C) groups is 1. The summed E-state index contributed by atoms with van der Waals surface area (Å²) in [6, 6.07) is 5.78. The summed E-state index contributed by atoms with van der Waals surface area (Å²) in [5.41, 5.74) is 0.0910. The molecule has 1 unspecified atom stereocenters. The van der Waals surface area contributed by atoms with Crippen LogP contribution in [-0.2, 0) is 0 Å². The maximum Gasteiger partial charge on any atom is 0.152 e. The predicted octanol–water partition coefficient (Wildman–Crippen LogP) is 2.92. The molecule has 33 heavy (non-hydrogen) atoms. The third kappa shape index (κ3) is 5.24. The molecular formula is C22H26F3N7O. The van der Waals surface area contributed by atoms with Gasteiger partial charge < -0.3 is 25.6 Å². The summed E-state index contributed by atoms with van der Waals surface area (Å²) in [4.78, 5) is 7.89. The molecule has 2 aliphatic rings. The monoisotopic (exact) mass is 461 g/mol. The van der Waals surface area contributed by atoms with Crippen LogP contribution in [0.15, 0.2) is 35.3 Å². The third-order valence-electron chi connectivity index (χ3n) is 5.81. The number of anilines is 2. The summed E-state index contributed by atoms with van der Waals surface area (Å²) >= 11 is 0. The first-order valence-electron chi connectivity index (χ1n) is 10.8. The zero-order valence-corrected chi connectivity index (χ0v) is 18.1. The van der Waals surface area contributed by atoms with Crippen LogP contribution in [0.4, 0.5) is 24.8 Å². The van der Waals surface area contributed by atoms with Gasteiger partial charge >= 0.3 is 0 Å². The highest BCUT2D eigenvalue weighted by atomic mass is 19.1. The Bertz CT molecular complexity index is 1020. The van der Waals surface area contributed by atoms with Gasteiger partial charge in [-0.1, -0.05) is 0 Å². The minimum Gasteiger partial charge on any atom is -0.391 e. The van der Waals surface area contributed by atoms with Crippen molar-refractivity contribution in [2.75, 3.05) is 29.9 Å². The number of aliphatic hydroxyl groups is 1. The van der Waals surface area contributed by atoms with Gasteiger partial charge in [-0.3, -0.25) is 0 Å². The van der Waals surface area contributed by atoms with Gasteiger partial charge in [0.2, 0.25) is 0 Å². The van der Waals surface area contributed by atoms with E-state index in [1.54, 1.807) is 24.0 Å². The normalized spacial score (nSPS) is 24.3. The van der Waals surface area contributed by atoms with E-state index in [1.165, 1.54) is 0 Å². The van der Waals surface area contributed by atoms with E-state index in [1.807, 2.05) is 4.90 Å². The molecule has 4 atom stereocenters. The van der Waals surface area contributed by atoms with E-state index < -0.39 is 36.1 Å². The lowest BCUT2D eigenvalue weighted by atomic mass is 10.0. The quantitative estimate of drug-likeness (QED) is 0.452. The molecule has 1 aromatic heterocycles. The van der Waals surface area contributed by atoms with E-state index in [2.05, 4.69) is 20.5 Å². The molecule has 4 rings (SSSR count). The van der Waals surface area contributed by atoms with E-state index in [4.69, 9.17) is 5.41 Å². The van der Waals surface area contributed by atoms with Gasteiger partial charge in [0.05, 0.1) is 24.9 Å². The number of nitrogens with zero attached hydrogens (tertiary/aromatic N) is 5. The van der Waals surface area contributed by atoms with Crippen molar-refractivity contribution in [1.82, 2.24) is 15.1 Å². The van der Waals surface area contributed by atoms with Gasteiger partial charge in [0.1, 0.15) is 35.6 Å². The molecule has 0 aliphatic carbocycles. The highest BCUT2D eigenvalue weighted by Gasteiger charge is 2.36. The number of aromatic nitrogens is 2. The second-order valence-electron chi connectivity index (χ2n) is 8.28. The van der Waals surface area contributed by atoms with Crippen LogP contribution in [0.5, 0.6) is 0 Å². The van der Waals surface area contributed by atoms with Gasteiger partial charge in [0, 0.05) is 25.1 Å². The third-order valence-corrected chi connectivity index (χ3v) is 5.81. The Kier molecular flexibility index (Phi) is 6.77. The van der Waals surface area contributed by atoms with Crippen LogP contribution in [-0.4, -0.2) is 70.3 Å². The Hall–Kier alpha value is -3.21. The fourth-order valence-electron chi connectivity index (χ4n) is 4.26. The molecule has 11 heteroatoms. The van der Waals surface area contributed by atoms with Gasteiger partial charge in [0.25, 0.3) is 0 Å². The molecule has 1 aromatic carbocycles. The second kappa shape index (κ2) is 9.74. The predicted molar refractivity (Wildman–Crippen MR) is 119 cm³/mol. The average Bonchev–Trinajstić information content (AvgIpc) is 3.40. The van der Waals surface area contributed by atoms with E-state index in [0.717, 1.165) is 24.4 Å². The first-order chi connectivity index (χ1) is 15.8. The van der Waals surface area contributed by atoms with Crippen molar-refractivity contribution in [2.24, 2.45) is 4.99 Å². The molecule has 0 radical (unpaired) electrons. The number of hydrogen-bond acceptors (Lipinski definition) is 7. The summed E-state index contributed by atoms with van der Waals surface area (Å²) in [7, 11) is 0. The molecule has 176 valence electrons. The molecule has 2 saturated heterocycles. The number of hydrogen-bond donors (Lipinski definition) is 3. The standard InChI is InChI=1S/C22H26F3N7O/c1-13(28-22(10-26)31-7-6-16(33)12-31)27-20-4-5-21(30-29-20)32-11-15(24)9-19(32)17-8-14(23)2-3-18(17)25/h2-5,8,10,13,15-16,19,26,33H,6-7,9,11-12H2,1H3,(H,27,29)/t13?,15-,16-,19+/m0/s1. The fourth-order valence-corrected chi connectivity index (χ4v) is 4.26. The van der Waals surface area contributed by atoms with E-state index >= 15 is 0 Å². The highest BCUT2D eigenvalue weighted by molar-refractivity contribution is 6.28. The zero-order chi connectivity index (χ0) is 23.5. The Morgan fingerprint density at radius 1 is 1.27 bits per heavy atom. The van der Waals surface area contributed by atoms with Crippen LogP contribution in [0.2, 0.25) is 0 Å². The first-order valence-corrected chi connectivity index (χ1v) is 10.8. The number of alkyl halides is 1. The van der Waals surface area contributed by atoms with Crippen molar-refractivity contribution in [3.8, 4) is 0 Å². The molecule has 3 heterocycles. The highest BCUT2D eigenvalue weighted by Crippen LogP contribution is 2.37. The first kappa shape index (κ1) is 23.0. The summed E-state index contributed by atoms with van der Waals surface area (Å²) in [5, 5.41) is 28.6. The maximum absolute atomic E-state index is 14.3. The molecule has 0 bridgehead atoms. The summed E-state index contributed by atoms with van der Waals surface area (Å²) < 4.78 is 42.2. The van der Waals surface area contributed by atoms with Crippen molar-refractivity contribution < 1.29 is 18.3 Å². The van der Waals surface area contributed by atoms with Crippen LogP contribution in [0.1, 0.15) is 31.4 Å². The molecule has 3 N–H and O–H groups in total. The molecule has 2 fully saturated rings. The zero-order valence-electron chi connectivity index (χ0n) is 18.1. The van der Waals surface area contributed by atoms with Crippen LogP contribution >= 0.6 is 0 Å². The second-order valence-corrected chi connectivity index (χ2v) is 8.28. The van der Waals surface area contributed by atoms with Gasteiger partial charge in [-0.15, -0.1) is 10.2 Å². The Morgan fingerprint density at radius 2 is 2.09 bits per heavy atom. The van der Waals surface area contributed by atoms with Crippen LogP contribution in [0.25, 0.3) is 0 Å². The number of rotatable bonds is 6. The number of aliphatic hydroxyl groups excluding tert-OH is 1. The summed E-state index contributed by atoms with van der Waals surface area (Å²) in [5.74, 6) is 0.0664. The Balaban J connectivity index is 1.46. The van der Waals surface area contributed by atoms with E-state index in [-0.39, 0.29) is 18.5 Å².